The van der Waals surface area contributed by atoms with Crippen LogP contribution in [-0.4, -0.2) is 11.8 Å². The maximum atomic E-state index is 12.3. The minimum absolute atomic E-state index is 0.212. The third kappa shape index (κ3) is 4.71. The first-order chi connectivity index (χ1) is 12.5. The summed E-state index contributed by atoms with van der Waals surface area (Å²) >= 11 is 9.16. The number of nitrogens with one attached hydrogen (secondary N) is 2. The van der Waals surface area contributed by atoms with Crippen LogP contribution >= 0.6 is 27.5 Å². The van der Waals surface area contributed by atoms with E-state index in [9.17, 15) is 9.59 Å². The fourth-order valence-corrected chi connectivity index (χ4v) is 2.64. The second-order valence-electron chi connectivity index (χ2n) is 5.50. The summed E-state index contributed by atoms with van der Waals surface area (Å²) in [7, 11) is 0. The molecule has 0 saturated carbocycles. The highest BCUT2D eigenvalue weighted by molar-refractivity contribution is 9.10. The second kappa shape index (κ2) is 8.17. The molecule has 2 N–H and O–H groups in total. The molecule has 0 unspecified atom stereocenters. The van der Waals surface area contributed by atoms with Crippen LogP contribution in [-0.2, 0) is 0 Å². The molecule has 0 atom stereocenters. The molecule has 0 heterocycles. The summed E-state index contributed by atoms with van der Waals surface area (Å²) in [6.07, 6.45) is 0. The van der Waals surface area contributed by atoms with Crippen molar-refractivity contribution in [2.45, 2.75) is 0 Å². The molecule has 0 bridgehead atoms. The monoisotopic (exact) mass is 428 g/mol. The van der Waals surface area contributed by atoms with Crippen molar-refractivity contribution in [1.82, 2.24) is 0 Å². The van der Waals surface area contributed by atoms with Gasteiger partial charge in [-0.25, -0.2) is 0 Å². The molecule has 0 aromatic heterocycles. The van der Waals surface area contributed by atoms with Crippen LogP contribution in [0.5, 0.6) is 0 Å². The van der Waals surface area contributed by atoms with Gasteiger partial charge >= 0.3 is 0 Å². The summed E-state index contributed by atoms with van der Waals surface area (Å²) in [6, 6.07) is 20.6. The molecule has 6 heteroatoms. The second-order valence-corrected chi connectivity index (χ2v) is 6.85. The van der Waals surface area contributed by atoms with Crippen LogP contribution in [0.15, 0.2) is 77.3 Å². The van der Waals surface area contributed by atoms with Gasteiger partial charge in [-0.1, -0.05) is 27.5 Å². The van der Waals surface area contributed by atoms with Gasteiger partial charge in [0.1, 0.15) is 0 Å². The molecule has 26 heavy (non-hydrogen) atoms. The van der Waals surface area contributed by atoms with Crippen molar-refractivity contribution in [2.24, 2.45) is 0 Å². The van der Waals surface area contributed by atoms with Gasteiger partial charge in [-0.3, -0.25) is 9.59 Å². The Morgan fingerprint density at radius 3 is 1.50 bits per heavy atom. The van der Waals surface area contributed by atoms with Gasteiger partial charge in [0.2, 0.25) is 0 Å². The number of amides is 2. The molecule has 0 aliphatic heterocycles. The first kappa shape index (κ1) is 18.2. The third-order valence-corrected chi connectivity index (χ3v) is 4.39. The molecule has 0 spiro atoms. The topological polar surface area (TPSA) is 58.2 Å². The lowest BCUT2D eigenvalue weighted by Gasteiger charge is -2.08. The normalized spacial score (nSPS) is 10.2. The molecular weight excluding hydrogens is 416 g/mol. The predicted molar refractivity (Wildman–Crippen MR) is 108 cm³/mol. The molecule has 0 aliphatic rings. The highest BCUT2D eigenvalue weighted by atomic mass is 79.9. The van der Waals surface area contributed by atoms with Crippen molar-refractivity contribution in [3.8, 4) is 0 Å². The smallest absolute Gasteiger partial charge is 0.255 e. The van der Waals surface area contributed by atoms with Gasteiger partial charge < -0.3 is 10.6 Å². The average molecular weight is 430 g/mol. The van der Waals surface area contributed by atoms with E-state index in [0.29, 0.717) is 27.5 Å². The van der Waals surface area contributed by atoms with Crippen LogP contribution < -0.4 is 10.6 Å². The minimum atomic E-state index is -0.238. The third-order valence-electron chi connectivity index (χ3n) is 3.61. The van der Waals surface area contributed by atoms with Gasteiger partial charge in [0, 0.05) is 32.0 Å². The number of benzene rings is 3. The van der Waals surface area contributed by atoms with Gasteiger partial charge in [0.05, 0.1) is 0 Å². The number of carbonyl (C=O) groups excluding carboxylic acids is 2. The van der Waals surface area contributed by atoms with E-state index in [1.54, 1.807) is 72.8 Å². The summed E-state index contributed by atoms with van der Waals surface area (Å²) in [6.45, 7) is 0. The Balaban J connectivity index is 1.64. The molecular formula is C20H14BrClN2O2. The van der Waals surface area contributed by atoms with Crippen molar-refractivity contribution in [1.29, 1.82) is 0 Å². The fraction of sp³-hybridized carbons (Fsp3) is 0. The van der Waals surface area contributed by atoms with Gasteiger partial charge in [-0.15, -0.1) is 0 Å². The quantitative estimate of drug-likeness (QED) is 0.566. The number of halogens is 2. The number of rotatable bonds is 4. The van der Waals surface area contributed by atoms with Gasteiger partial charge in [0.25, 0.3) is 11.8 Å². The summed E-state index contributed by atoms with van der Waals surface area (Å²) in [5, 5.41) is 6.19. The fourth-order valence-electron chi connectivity index (χ4n) is 2.25. The number of hydrogen-bond acceptors (Lipinski definition) is 2. The molecule has 3 rings (SSSR count). The van der Waals surface area contributed by atoms with Crippen LogP contribution in [0.2, 0.25) is 5.02 Å². The maximum absolute atomic E-state index is 12.3. The van der Waals surface area contributed by atoms with Crippen LogP contribution in [0, 0.1) is 0 Å². The van der Waals surface area contributed by atoms with Crippen molar-refractivity contribution in [2.75, 3.05) is 10.6 Å². The zero-order valence-corrected chi connectivity index (χ0v) is 15.8. The van der Waals surface area contributed by atoms with Crippen LogP contribution in [0.3, 0.4) is 0 Å². The van der Waals surface area contributed by atoms with E-state index < -0.39 is 0 Å². The van der Waals surface area contributed by atoms with E-state index in [2.05, 4.69) is 26.6 Å². The number of carbonyl (C=O) groups is 2. The Bertz CT molecular complexity index is 924. The van der Waals surface area contributed by atoms with Gasteiger partial charge in [-0.05, 0) is 72.8 Å². The Morgan fingerprint density at radius 2 is 1.04 bits per heavy atom. The standard InChI is InChI=1S/C20H14BrClN2O2/c21-15-5-1-13(2-6-15)19(25)23-17-9-3-14(4-10-17)20(26)24-18-11-7-16(22)8-12-18/h1-12H,(H,23,25)(H,24,26). The number of hydrogen-bond donors (Lipinski definition) is 2. The van der Waals surface area contributed by atoms with Gasteiger partial charge in [-0.2, -0.15) is 0 Å². The van der Waals surface area contributed by atoms with E-state index in [4.69, 9.17) is 11.6 Å². The molecule has 0 saturated heterocycles. The highest BCUT2D eigenvalue weighted by Gasteiger charge is 2.08. The summed E-state index contributed by atoms with van der Waals surface area (Å²) < 4.78 is 0.908. The lowest BCUT2D eigenvalue weighted by Crippen LogP contribution is -2.13. The maximum Gasteiger partial charge on any atom is 0.255 e. The molecule has 0 aliphatic carbocycles. The van der Waals surface area contributed by atoms with Crippen LogP contribution in [0.1, 0.15) is 20.7 Å². The van der Waals surface area contributed by atoms with E-state index in [-0.39, 0.29) is 11.8 Å². The van der Waals surface area contributed by atoms with E-state index in [1.807, 2.05) is 0 Å². The zero-order chi connectivity index (χ0) is 18.5. The molecule has 3 aromatic carbocycles. The molecule has 0 fully saturated rings. The SMILES string of the molecule is O=C(Nc1ccc(C(=O)Nc2ccc(Cl)cc2)cc1)c1ccc(Br)cc1. The predicted octanol–water partition coefficient (Wildman–Crippen LogP) is 5.61. The van der Waals surface area contributed by atoms with E-state index in [1.165, 1.54) is 0 Å². The molecule has 130 valence electrons. The Hall–Kier alpha value is -2.63. The van der Waals surface area contributed by atoms with E-state index in [0.717, 1.165) is 4.47 Å². The average Bonchev–Trinajstić information content (AvgIpc) is 2.64. The first-order valence-electron chi connectivity index (χ1n) is 7.75. The van der Waals surface area contributed by atoms with Crippen molar-refractivity contribution in [3.63, 3.8) is 0 Å². The number of anilines is 2. The zero-order valence-electron chi connectivity index (χ0n) is 13.5. The molecule has 2 amide bonds. The molecule has 3 aromatic rings. The summed E-state index contributed by atoms with van der Waals surface area (Å²) in [5.74, 6) is -0.450. The Labute approximate surface area is 164 Å². The van der Waals surface area contributed by atoms with Crippen LogP contribution in [0.4, 0.5) is 11.4 Å². The Kier molecular flexibility index (Phi) is 5.71. The summed E-state index contributed by atoms with van der Waals surface area (Å²) in [4.78, 5) is 24.4. The van der Waals surface area contributed by atoms with Crippen LogP contribution in [0.25, 0.3) is 0 Å². The van der Waals surface area contributed by atoms with E-state index >= 15 is 0 Å². The molecule has 0 radical (unpaired) electrons. The van der Waals surface area contributed by atoms with Crippen molar-refractivity contribution < 1.29 is 9.59 Å². The van der Waals surface area contributed by atoms with Crippen molar-refractivity contribution in [3.05, 3.63) is 93.4 Å². The van der Waals surface area contributed by atoms with Gasteiger partial charge in [0.15, 0.2) is 0 Å². The lowest BCUT2D eigenvalue weighted by atomic mass is 10.1. The lowest BCUT2D eigenvalue weighted by molar-refractivity contribution is 0.102. The highest BCUT2D eigenvalue weighted by Crippen LogP contribution is 2.17. The first-order valence-corrected chi connectivity index (χ1v) is 8.92. The molecule has 4 nitrogen and oxygen atoms in total. The Morgan fingerprint density at radius 1 is 0.654 bits per heavy atom. The minimum Gasteiger partial charge on any atom is -0.322 e. The summed E-state index contributed by atoms with van der Waals surface area (Å²) in [5.41, 5.74) is 2.31. The largest absolute Gasteiger partial charge is 0.322 e. The van der Waals surface area contributed by atoms with Crippen molar-refractivity contribution >= 4 is 50.7 Å².